The third-order valence-corrected chi connectivity index (χ3v) is 19.8. The highest BCUT2D eigenvalue weighted by atomic mass is 35.5. The standard InChI is InChI=1S/C82H79ClN4OS/c1-78(2,3)50-28-35-55(36-29-50)84(68-41-42-69(77-75(68)60-24-18-21-27-73(60)88-77)87-66-39-32-52(80(7,8)9)44-61(66)62-45-53(81(10,11)12)33-40-67(62)87)70-47-57(86-64-25-19-16-22-58(64)59-23-17-20-26-65(59)86)48-71(76(70)83)85(56-37-30-51(31-38-56)79(4,5)6)72-49-89-74-43-34-54(46-63(72)74)82(13,14)15/h16-49H,1-15H3. The van der Waals surface area contributed by atoms with Crippen molar-refractivity contribution in [2.24, 2.45) is 0 Å². The van der Waals surface area contributed by atoms with Crippen molar-refractivity contribution in [3.8, 4) is 11.4 Å². The normalized spacial score (nSPS) is 12.9. The van der Waals surface area contributed by atoms with Crippen LogP contribution in [0.25, 0.3) is 87.0 Å². The summed E-state index contributed by atoms with van der Waals surface area (Å²) in [7, 11) is 0. The molecule has 4 aromatic heterocycles. The third kappa shape index (κ3) is 9.90. The fourth-order valence-electron chi connectivity index (χ4n) is 13.3. The quantitative estimate of drug-likeness (QED) is 0.152. The van der Waals surface area contributed by atoms with Crippen LogP contribution in [0.2, 0.25) is 5.02 Å². The van der Waals surface area contributed by atoms with Crippen LogP contribution in [0.4, 0.5) is 34.1 Å². The van der Waals surface area contributed by atoms with Gasteiger partial charge in [0.25, 0.3) is 0 Å². The molecule has 5 nitrogen and oxygen atoms in total. The van der Waals surface area contributed by atoms with Crippen molar-refractivity contribution >= 4 is 133 Å². The molecule has 0 amide bonds. The van der Waals surface area contributed by atoms with Gasteiger partial charge in [-0.25, -0.2) is 0 Å². The van der Waals surface area contributed by atoms with E-state index in [1.165, 1.54) is 59.4 Å². The zero-order valence-electron chi connectivity index (χ0n) is 54.1. The first-order chi connectivity index (χ1) is 42.2. The van der Waals surface area contributed by atoms with Crippen LogP contribution in [0.15, 0.2) is 210 Å². The average Bonchev–Trinajstić information content (AvgIpc) is 1.64. The molecule has 14 rings (SSSR count). The second-order valence-electron chi connectivity index (χ2n) is 29.7. The van der Waals surface area contributed by atoms with Gasteiger partial charge in [-0.15, -0.1) is 11.3 Å². The van der Waals surface area contributed by atoms with Crippen LogP contribution in [0, 0.1) is 0 Å². The van der Waals surface area contributed by atoms with Crippen molar-refractivity contribution in [1.82, 2.24) is 9.13 Å². The lowest BCUT2D eigenvalue weighted by Crippen LogP contribution is -2.17. The second kappa shape index (κ2) is 20.8. The molecule has 0 N–H and O–H groups in total. The van der Waals surface area contributed by atoms with E-state index in [0.717, 1.165) is 89.5 Å². The van der Waals surface area contributed by atoms with E-state index >= 15 is 0 Å². The van der Waals surface area contributed by atoms with Gasteiger partial charge in [-0.3, -0.25) is 0 Å². The largest absolute Gasteiger partial charge is 0.454 e. The molecule has 0 unspecified atom stereocenters. The van der Waals surface area contributed by atoms with E-state index in [9.17, 15) is 0 Å². The topological polar surface area (TPSA) is 29.5 Å². The monoisotopic (exact) mass is 1200 g/mol. The lowest BCUT2D eigenvalue weighted by atomic mass is 9.85. The molecule has 0 saturated heterocycles. The number of benzene rings is 10. The van der Waals surface area contributed by atoms with E-state index in [4.69, 9.17) is 16.0 Å². The Morgan fingerprint density at radius 2 is 0.775 bits per heavy atom. The van der Waals surface area contributed by atoms with Gasteiger partial charge >= 0.3 is 0 Å². The lowest BCUT2D eigenvalue weighted by Gasteiger charge is -2.33. The summed E-state index contributed by atoms with van der Waals surface area (Å²) in [5.74, 6) is 0. The first-order valence-electron chi connectivity index (χ1n) is 31.4. The number of fused-ring (bicyclic) bond motifs is 10. The Morgan fingerprint density at radius 1 is 0.360 bits per heavy atom. The summed E-state index contributed by atoms with van der Waals surface area (Å²) in [6.07, 6.45) is 0. The van der Waals surface area contributed by atoms with Gasteiger partial charge in [0.05, 0.1) is 66.6 Å². The molecule has 10 aromatic carbocycles. The molecule has 0 bridgehead atoms. The highest BCUT2D eigenvalue weighted by molar-refractivity contribution is 7.17. The zero-order valence-corrected chi connectivity index (χ0v) is 55.7. The van der Waals surface area contributed by atoms with E-state index in [1.807, 2.05) is 0 Å². The number of para-hydroxylation sites is 3. The maximum atomic E-state index is 8.66. The number of rotatable bonds is 8. The summed E-state index contributed by atoms with van der Waals surface area (Å²) in [5, 5.41) is 10.9. The van der Waals surface area contributed by atoms with E-state index in [0.29, 0.717) is 5.02 Å². The van der Waals surface area contributed by atoms with Gasteiger partial charge < -0.3 is 23.4 Å². The van der Waals surface area contributed by atoms with Crippen LogP contribution in [0.3, 0.4) is 0 Å². The minimum atomic E-state index is -0.0941. The summed E-state index contributed by atoms with van der Waals surface area (Å²) in [4.78, 5) is 4.83. The average molecular weight is 1200 g/mol. The van der Waals surface area contributed by atoms with Crippen LogP contribution in [-0.2, 0) is 27.1 Å². The molecule has 0 spiro atoms. The molecule has 7 heteroatoms. The number of halogens is 1. The molecule has 0 aliphatic carbocycles. The van der Waals surface area contributed by atoms with Gasteiger partial charge in [-0.2, -0.15) is 0 Å². The minimum Gasteiger partial charge on any atom is -0.454 e. The van der Waals surface area contributed by atoms with E-state index < -0.39 is 0 Å². The highest BCUT2D eigenvalue weighted by Crippen LogP contribution is 2.54. The van der Waals surface area contributed by atoms with Crippen molar-refractivity contribution in [3.63, 3.8) is 0 Å². The Morgan fingerprint density at radius 3 is 1.27 bits per heavy atom. The number of hydrogen-bond donors (Lipinski definition) is 0. The van der Waals surface area contributed by atoms with Crippen LogP contribution in [0.5, 0.6) is 0 Å². The van der Waals surface area contributed by atoms with E-state index in [2.05, 4.69) is 328 Å². The maximum absolute atomic E-state index is 8.66. The second-order valence-corrected chi connectivity index (χ2v) is 31.0. The Balaban J connectivity index is 1.12. The van der Waals surface area contributed by atoms with Crippen LogP contribution in [-0.4, -0.2) is 9.13 Å². The van der Waals surface area contributed by atoms with Gasteiger partial charge in [0.1, 0.15) is 5.58 Å². The van der Waals surface area contributed by atoms with Gasteiger partial charge in [-0.05, 0) is 158 Å². The molecular weight excluding hydrogens is 1120 g/mol. The van der Waals surface area contributed by atoms with Crippen LogP contribution < -0.4 is 9.80 Å². The Hall–Kier alpha value is -8.55. The molecule has 0 saturated carbocycles. The van der Waals surface area contributed by atoms with Gasteiger partial charge in [0, 0.05) is 53.8 Å². The molecule has 0 aliphatic rings. The predicted molar refractivity (Wildman–Crippen MR) is 386 cm³/mol. The number of furan rings is 1. The van der Waals surface area contributed by atoms with Crippen molar-refractivity contribution in [2.45, 2.75) is 131 Å². The summed E-state index contributed by atoms with van der Waals surface area (Å²) in [6, 6.07) is 74.7. The molecule has 0 atom stereocenters. The molecule has 4 heterocycles. The molecule has 89 heavy (non-hydrogen) atoms. The number of thiophene rings is 1. The SMILES string of the molecule is CC(C)(C)c1ccc(N(c2cc(-n3c4ccccc4c4ccccc43)cc(N(c3ccc(C(C)(C)C)cc3)c3ccc(-n4c5ccc(C(C)(C)C)cc5c5cc(C(C)(C)C)ccc54)c4oc5ccccc5c34)c2Cl)c2csc3ccc(C(C)(C)C)cc23)cc1. The fourth-order valence-corrected chi connectivity index (χ4v) is 14.5. The number of hydrogen-bond acceptors (Lipinski definition) is 4. The fraction of sp³-hybridized carbons (Fsp3) is 0.244. The van der Waals surface area contributed by atoms with Crippen LogP contribution in [0.1, 0.15) is 132 Å². The molecule has 446 valence electrons. The smallest absolute Gasteiger partial charge is 0.161 e. The summed E-state index contributed by atoms with van der Waals surface area (Å²) >= 11 is 10.4. The molecular formula is C82H79ClN4OS. The van der Waals surface area contributed by atoms with Gasteiger partial charge in [0.2, 0.25) is 0 Å². The highest BCUT2D eigenvalue weighted by Gasteiger charge is 2.32. The Labute approximate surface area is 533 Å². The van der Waals surface area contributed by atoms with Gasteiger partial charge in [-0.1, -0.05) is 213 Å². The molecule has 0 aliphatic heterocycles. The Kier molecular flexibility index (Phi) is 13.6. The number of aromatic nitrogens is 2. The summed E-state index contributed by atoms with van der Waals surface area (Å²) < 4.78 is 13.5. The van der Waals surface area contributed by atoms with E-state index in [-0.39, 0.29) is 27.1 Å². The molecule has 0 radical (unpaired) electrons. The minimum absolute atomic E-state index is 0.0480. The van der Waals surface area contributed by atoms with Gasteiger partial charge in [0.15, 0.2) is 5.58 Å². The van der Waals surface area contributed by atoms with Crippen molar-refractivity contribution in [1.29, 1.82) is 0 Å². The number of nitrogens with zero attached hydrogens (tertiary/aromatic N) is 4. The first kappa shape index (κ1) is 58.2. The number of anilines is 6. The first-order valence-corrected chi connectivity index (χ1v) is 32.7. The van der Waals surface area contributed by atoms with Crippen molar-refractivity contribution < 1.29 is 4.42 Å². The van der Waals surface area contributed by atoms with Crippen LogP contribution >= 0.6 is 22.9 Å². The Bertz CT molecular complexity index is 4990. The molecule has 14 aromatic rings. The molecule has 0 fully saturated rings. The van der Waals surface area contributed by atoms with E-state index in [1.54, 1.807) is 11.3 Å². The maximum Gasteiger partial charge on any atom is 0.161 e. The predicted octanol–water partition coefficient (Wildman–Crippen LogP) is 25.1. The zero-order chi connectivity index (χ0) is 62.4. The van der Waals surface area contributed by atoms with Crippen molar-refractivity contribution in [2.75, 3.05) is 9.80 Å². The lowest BCUT2D eigenvalue weighted by molar-refractivity contribution is 0.590. The third-order valence-electron chi connectivity index (χ3n) is 18.4. The van der Waals surface area contributed by atoms with Crippen molar-refractivity contribution in [3.05, 3.63) is 238 Å². The summed E-state index contributed by atoms with van der Waals surface area (Å²) in [5.41, 5.74) is 19.6. The summed E-state index contributed by atoms with van der Waals surface area (Å²) in [6.45, 7) is 34.4.